The van der Waals surface area contributed by atoms with E-state index in [0.717, 1.165) is 69.3 Å². The number of pyridine rings is 7. The van der Waals surface area contributed by atoms with Crippen LogP contribution < -0.4 is 10.1 Å². The number of rotatable bonds is 27. The number of carboxylic acids is 2. The summed E-state index contributed by atoms with van der Waals surface area (Å²) in [5.41, 5.74) is 6.01. The van der Waals surface area contributed by atoms with Gasteiger partial charge in [0.25, 0.3) is 5.91 Å². The lowest BCUT2D eigenvalue weighted by Crippen LogP contribution is -2.47. The summed E-state index contributed by atoms with van der Waals surface area (Å²) in [7, 11) is 1.35. The van der Waals surface area contributed by atoms with E-state index in [4.69, 9.17) is 66.4 Å². The minimum Gasteiger partial charge on any atom is -0.507 e. The van der Waals surface area contributed by atoms with Crippen molar-refractivity contribution in [1.29, 1.82) is 31.6 Å². The quantitative estimate of drug-likeness (QED) is 0.00759. The molecule has 3 fully saturated rings. The Kier molecular flexibility index (Phi) is 57.3. The number of nitriles is 6. The van der Waals surface area contributed by atoms with Crippen molar-refractivity contribution in [2.45, 2.75) is 135 Å². The fourth-order valence-corrected chi connectivity index (χ4v) is 13.8. The number of carbonyl (C=O) groups excluding carboxylic acids is 7. The predicted octanol–water partition coefficient (Wildman–Crippen LogP) is 12.8. The maximum absolute atomic E-state index is 13.2. The first-order valence-corrected chi connectivity index (χ1v) is 45.5. The minimum absolute atomic E-state index is 0.00257. The molecule has 0 bridgehead atoms. The summed E-state index contributed by atoms with van der Waals surface area (Å²) in [5.74, 6) is -3.75. The highest BCUT2D eigenvalue weighted by Crippen LogP contribution is 2.41. The van der Waals surface area contributed by atoms with Crippen molar-refractivity contribution in [3.8, 4) is 59.4 Å². The van der Waals surface area contributed by atoms with E-state index in [9.17, 15) is 63.0 Å². The monoisotopic (exact) mass is 1920 g/mol. The largest absolute Gasteiger partial charge is 0.507 e. The average Bonchev–Trinajstić information content (AvgIpc) is 0.813. The molecule has 3 aliphatic heterocycles. The van der Waals surface area contributed by atoms with Gasteiger partial charge < -0.3 is 74.5 Å². The van der Waals surface area contributed by atoms with Gasteiger partial charge in [0.2, 0.25) is 7.37 Å². The molecule has 139 heavy (non-hydrogen) atoms. The number of carboxylic acid groups (broad SMARTS) is 2. The summed E-state index contributed by atoms with van der Waals surface area (Å²) in [5, 5.41) is 128. The van der Waals surface area contributed by atoms with Crippen LogP contribution in [0.3, 0.4) is 0 Å². The number of aromatic carboxylic acids is 2. The smallest absolute Gasteiger partial charge is 0.340 e. The molecule has 7 aromatic heterocycles. The number of phenolic OH excluding ortho intramolecular Hbond substituents is 3. The lowest BCUT2D eigenvalue weighted by Gasteiger charge is -2.38. The number of nitrogens with zero attached hydrogens (tertiary/aromatic N) is 15. The van der Waals surface area contributed by atoms with Crippen LogP contribution in [0.2, 0.25) is 0 Å². The van der Waals surface area contributed by atoms with Gasteiger partial charge in [0.1, 0.15) is 47.7 Å². The Morgan fingerprint density at radius 1 is 0.504 bits per heavy atom. The number of hydrogen-bond donors (Lipinski definition) is 9. The molecule has 39 nitrogen and oxygen atoms in total. The number of hydrogen-bond acceptors (Lipinski definition) is 36. The number of aryl methyl sites for hydroxylation is 4. The van der Waals surface area contributed by atoms with Gasteiger partial charge in [0.15, 0.2) is 18.9 Å². The van der Waals surface area contributed by atoms with Gasteiger partial charge >= 0.3 is 29.8 Å². The van der Waals surface area contributed by atoms with Gasteiger partial charge in [-0.25, -0.2) is 24.0 Å². The van der Waals surface area contributed by atoms with Crippen molar-refractivity contribution < 1.29 is 112 Å². The molecule has 10 heterocycles. The molecular formula is C99H111N16O23P. The van der Waals surface area contributed by atoms with Crippen LogP contribution in [0.4, 0.5) is 0 Å². The molecule has 1 amide bonds. The van der Waals surface area contributed by atoms with Crippen LogP contribution in [0.5, 0.6) is 23.0 Å². The summed E-state index contributed by atoms with van der Waals surface area (Å²) in [6.07, 6.45) is 28.7. The molecule has 0 radical (unpaired) electrons. The number of piperidine rings is 3. The second-order valence-corrected chi connectivity index (χ2v) is 31.8. The van der Waals surface area contributed by atoms with E-state index >= 15 is 0 Å². The van der Waals surface area contributed by atoms with Crippen molar-refractivity contribution in [3.63, 3.8) is 0 Å². The molecule has 40 heteroatoms. The third kappa shape index (κ3) is 42.2. The Morgan fingerprint density at radius 3 is 1.41 bits per heavy atom. The number of aromatic nitrogens is 7. The van der Waals surface area contributed by atoms with Gasteiger partial charge in [-0.15, -0.1) is 0 Å². The highest BCUT2D eigenvalue weighted by Gasteiger charge is 2.32. The molecule has 9 aromatic rings. The molecule has 0 saturated carbocycles. The fourth-order valence-electron chi connectivity index (χ4n) is 12.9. The van der Waals surface area contributed by atoms with Crippen LogP contribution >= 0.6 is 7.37 Å². The highest BCUT2D eigenvalue weighted by atomic mass is 31.2. The number of phenols is 3. The number of carbonyl (C=O) groups is 9. The number of allylic oxidation sites excluding steroid dienone is 2. The average molecular weight is 1920 g/mol. The molecule has 9 N–H and O–H groups in total. The molecule has 3 aliphatic rings. The zero-order chi connectivity index (χ0) is 103. The Labute approximate surface area is 804 Å². The molecule has 0 aliphatic carbocycles. The summed E-state index contributed by atoms with van der Waals surface area (Å²) < 4.78 is 35.1. The Balaban J connectivity index is 0.000000408. The topological polar surface area (TPSA) is 630 Å². The number of amides is 1. The number of benzene rings is 2. The number of aliphatic hydroxyl groups is 3. The van der Waals surface area contributed by atoms with E-state index < -0.39 is 37.5 Å². The van der Waals surface area contributed by atoms with E-state index in [2.05, 4.69) is 66.6 Å². The van der Waals surface area contributed by atoms with Crippen LogP contribution in [0.25, 0.3) is 12.2 Å². The lowest BCUT2D eigenvalue weighted by molar-refractivity contribution is -0.0576. The maximum atomic E-state index is 13.2. The summed E-state index contributed by atoms with van der Waals surface area (Å²) in [4.78, 5) is 131. The third-order valence-electron chi connectivity index (χ3n) is 19.8. The molecule has 2 unspecified atom stereocenters. The van der Waals surface area contributed by atoms with Crippen LogP contribution in [-0.2, 0) is 42.6 Å². The molecule has 5 atom stereocenters. The first-order valence-electron chi connectivity index (χ1n) is 43.2. The van der Waals surface area contributed by atoms with Gasteiger partial charge in [-0.05, 0) is 181 Å². The number of aromatic hydroxyl groups is 3. The highest BCUT2D eigenvalue weighted by molar-refractivity contribution is 7.58. The van der Waals surface area contributed by atoms with E-state index in [1.54, 1.807) is 122 Å². The first-order chi connectivity index (χ1) is 67.1. The molecule has 2 aromatic carbocycles. The van der Waals surface area contributed by atoms with E-state index in [1.165, 1.54) is 132 Å². The van der Waals surface area contributed by atoms with E-state index in [-0.39, 0.29) is 106 Å². The predicted molar refractivity (Wildman–Crippen MR) is 506 cm³/mol. The summed E-state index contributed by atoms with van der Waals surface area (Å²) in [6, 6.07) is 43.4. The van der Waals surface area contributed by atoms with Crippen LogP contribution in [-0.4, -0.2) is 238 Å². The molecule has 12 rings (SSSR count). The summed E-state index contributed by atoms with van der Waals surface area (Å²) in [6.45, 7) is 8.48. The number of esters is 3. The molecule has 730 valence electrons. The number of likely N-dealkylation sites (tertiary alicyclic amines) is 2. The number of nitrogens with one attached hydrogen (secondary N) is 1. The Morgan fingerprint density at radius 2 is 0.942 bits per heavy atom. The lowest BCUT2D eigenvalue weighted by atomic mass is 9.99. The third-order valence-corrected chi connectivity index (χ3v) is 21.3. The number of aldehydes is 3. The van der Waals surface area contributed by atoms with Crippen molar-refractivity contribution in [2.24, 2.45) is 0 Å². The maximum Gasteiger partial charge on any atom is 0.340 e. The van der Waals surface area contributed by atoms with Crippen molar-refractivity contribution in [1.82, 2.24) is 50.0 Å². The summed E-state index contributed by atoms with van der Waals surface area (Å²) >= 11 is 0. The standard InChI is InChI=1S/C22H23N3O4.C15H21N3O2.C10H8N2O2.C9H8N2O2.C9H6N2O2.C8H7NO3.C8H9NO2.C7H6O3.C6H13NO.C5H10NO2P/c23-11-4-8-19-17(7-5-12-24-19)22(28)25-13-2-1-6-16(25)15-29-21-10-3-9-20(27)18(21)14-26;16-8-3-7-14-13(6-4-9-17-14)15(20)18-10-2-1-5-12(18)11-19;1-14-10(13)8-4-3-7-12-9(8)5-2-6-11;2*10-5-1-4-8-7(9(12)13)3-2-6-11-8;1-12-8(11)6-3-2-4-9-7(6)5-10;1-6-7(8(10)11-2)4-3-5-9-6;8-4-5-6(9)2-1-3-7(5)10;8-5-6-3-1-2-4-7-6;1-3-8-9(2,7)5-4-6/h3,5,7,9-10,12,14,16,27H,1-2,4,6,8,13,15H2;4,6,9,12,15,19-20H,1-3,5,7,10-11H2;2-5,7H,1H3;2-3,6H,1,4H2,(H,12,13);1-4,6H,(H,12,13);2-5H,1H3;3-5H,1-2H3;1-4,9-10H;6-8H,1-5H2;3,5H2,1-2H3/b;;5-2+;;4-1+;;;;;/t16-;12-,15?;;;;;;;6-;/m00......0./s1. The van der Waals surface area contributed by atoms with Crippen LogP contribution in [0.15, 0.2) is 177 Å². The fraction of sp³-hybridized carbons (Fsp3) is 0.333. The van der Waals surface area contributed by atoms with Crippen LogP contribution in [0.1, 0.15) is 223 Å². The van der Waals surface area contributed by atoms with Crippen molar-refractivity contribution in [3.05, 3.63) is 267 Å². The zero-order valence-electron chi connectivity index (χ0n) is 77.6. The SMILES string of the molecule is CCOP(C)(=O)CC#N.COC(=O)c1cccnc1/C=C/C#N.COC(=O)c1cccnc1C.COC(=O)c1cccnc1C=O.N#C/C=C/c1ncccc1C(=O)O.N#CCCc1ncccc1C(=O)N1CCCC[C@H]1COc1cccc(O)c1C=O.N#CCCc1ncccc1C(=O)O.N#CCCc1ncccc1C(O)N1CCCC[C@H]1CO.O=Cc1c(O)cccc1O.OC[C@@H]1CCCCN1. The minimum atomic E-state index is -2.55. The van der Waals surface area contributed by atoms with E-state index in [1.807, 2.05) is 23.1 Å². The number of ether oxygens (including phenoxy) is 4. The molecular weight excluding hydrogens is 1810 g/mol. The second-order valence-electron chi connectivity index (χ2n) is 29.2. The second kappa shape index (κ2) is 68.0. The Bertz CT molecular complexity index is 5800. The molecule has 3 saturated heterocycles. The zero-order valence-corrected chi connectivity index (χ0v) is 78.5. The normalized spacial score (nSPS) is 14.2. The van der Waals surface area contributed by atoms with E-state index in [0.29, 0.717) is 122 Å². The van der Waals surface area contributed by atoms with Gasteiger partial charge in [0.05, 0.1) is 157 Å². The Hall–Kier alpha value is -16.1. The number of aliphatic hydroxyl groups excluding tert-OH is 3. The van der Waals surface area contributed by atoms with Crippen LogP contribution in [0, 0.1) is 74.9 Å². The van der Waals surface area contributed by atoms with Gasteiger partial charge in [-0.2, -0.15) is 31.6 Å². The van der Waals surface area contributed by atoms with Crippen molar-refractivity contribution in [2.75, 3.05) is 80.2 Å². The van der Waals surface area contributed by atoms with Gasteiger partial charge in [0, 0.05) is 137 Å². The number of methoxy groups -OCH3 is 3. The van der Waals surface area contributed by atoms with Crippen molar-refractivity contribution >= 4 is 74.1 Å². The van der Waals surface area contributed by atoms with Gasteiger partial charge in [-0.3, -0.25) is 63.5 Å². The first kappa shape index (κ1) is 117. The molecule has 0 spiro atoms. The van der Waals surface area contributed by atoms with Gasteiger partial charge in [-0.1, -0.05) is 31.0 Å².